The summed E-state index contributed by atoms with van der Waals surface area (Å²) in [6.07, 6.45) is 1.37. The molecule has 0 N–H and O–H groups in total. The Morgan fingerprint density at radius 2 is 1.84 bits per heavy atom. The van der Waals surface area contributed by atoms with E-state index in [4.69, 9.17) is 9.72 Å². The van der Waals surface area contributed by atoms with Gasteiger partial charge in [-0.05, 0) is 62.5 Å². The number of carbonyl (C=O) groups excluding carboxylic acids is 1. The highest BCUT2D eigenvalue weighted by molar-refractivity contribution is 7.99. The Hall–Kier alpha value is -2.09. The Kier molecular flexibility index (Phi) is 9.38. The zero-order valence-corrected chi connectivity index (χ0v) is 21.1. The topological polar surface area (TPSA) is 45.7 Å². The molecule has 0 bridgehead atoms. The molecule has 0 saturated carbocycles. The van der Waals surface area contributed by atoms with Gasteiger partial charge >= 0.3 is 0 Å². The maximum atomic E-state index is 13.2. The summed E-state index contributed by atoms with van der Waals surface area (Å²) in [5.41, 5.74) is 2.17. The molecule has 0 aliphatic rings. The van der Waals surface area contributed by atoms with E-state index >= 15 is 0 Å². The number of rotatable bonds is 12. The van der Waals surface area contributed by atoms with Crippen molar-refractivity contribution < 1.29 is 9.53 Å². The third-order valence-electron chi connectivity index (χ3n) is 5.48. The average Bonchev–Trinajstić information content (AvgIpc) is 3.23. The van der Waals surface area contributed by atoms with E-state index < -0.39 is 0 Å². The summed E-state index contributed by atoms with van der Waals surface area (Å²) in [7, 11) is 1.66. The van der Waals surface area contributed by atoms with Crippen molar-refractivity contribution in [2.45, 2.75) is 38.5 Å². The van der Waals surface area contributed by atoms with E-state index in [0.717, 1.165) is 52.9 Å². The largest absolute Gasteiger partial charge is 0.497 e. The summed E-state index contributed by atoms with van der Waals surface area (Å²) in [5, 5.41) is 0.775. The lowest BCUT2D eigenvalue weighted by molar-refractivity contribution is -0.118. The van der Waals surface area contributed by atoms with Gasteiger partial charge in [0.05, 0.1) is 17.3 Å². The van der Waals surface area contributed by atoms with Crippen LogP contribution in [0.1, 0.15) is 32.3 Å². The highest BCUT2D eigenvalue weighted by atomic mass is 32.2. The van der Waals surface area contributed by atoms with Crippen molar-refractivity contribution in [1.29, 1.82) is 0 Å². The molecule has 0 unspecified atom stereocenters. The highest BCUT2D eigenvalue weighted by Crippen LogP contribution is 2.32. The SMILES string of the molecule is CCN(CC)CCN(C(=O)CCCSc1ccc(C)cc1)c1nc2ccc(OC)cc2s1. The number of aryl methyl sites for hydroxylation is 1. The van der Waals surface area contributed by atoms with Crippen molar-refractivity contribution >= 4 is 44.4 Å². The Balaban J connectivity index is 1.67. The normalized spacial score (nSPS) is 11.3. The number of thioether (sulfide) groups is 1. The molecule has 7 heteroatoms. The number of fused-ring (bicyclic) bond motifs is 1. The standard InChI is InChI=1S/C25H33N3O2S2/c1-5-27(6-2)15-16-28(25-26-22-14-11-20(30-4)18-23(22)32-25)24(29)8-7-17-31-21-12-9-19(3)10-13-21/h9-14,18H,5-8,15-17H2,1-4H3. The van der Waals surface area contributed by atoms with E-state index in [-0.39, 0.29) is 5.91 Å². The third-order valence-corrected chi connectivity index (χ3v) is 7.61. The lowest BCUT2D eigenvalue weighted by Gasteiger charge is -2.24. The van der Waals surface area contributed by atoms with Crippen LogP contribution < -0.4 is 9.64 Å². The van der Waals surface area contributed by atoms with Crippen LogP contribution in [0.2, 0.25) is 0 Å². The number of nitrogens with zero attached hydrogens (tertiary/aromatic N) is 3. The fourth-order valence-electron chi connectivity index (χ4n) is 3.43. The van der Waals surface area contributed by atoms with Crippen LogP contribution in [0.25, 0.3) is 10.2 Å². The fourth-order valence-corrected chi connectivity index (χ4v) is 5.32. The van der Waals surface area contributed by atoms with E-state index in [1.807, 2.05) is 23.1 Å². The van der Waals surface area contributed by atoms with Gasteiger partial charge in [0.15, 0.2) is 5.13 Å². The first kappa shape index (κ1) is 24.6. The first-order valence-corrected chi connectivity index (χ1v) is 13.0. The number of anilines is 1. The van der Waals surface area contributed by atoms with Crippen LogP contribution in [0.4, 0.5) is 5.13 Å². The fraction of sp³-hybridized carbons (Fsp3) is 0.440. The van der Waals surface area contributed by atoms with E-state index in [9.17, 15) is 4.79 Å². The molecule has 1 aromatic heterocycles. The molecule has 3 rings (SSSR count). The maximum Gasteiger partial charge on any atom is 0.228 e. The van der Waals surface area contributed by atoms with Gasteiger partial charge in [-0.15, -0.1) is 11.8 Å². The van der Waals surface area contributed by atoms with Gasteiger partial charge in [0.25, 0.3) is 0 Å². The van der Waals surface area contributed by atoms with Crippen LogP contribution in [0.15, 0.2) is 47.4 Å². The summed E-state index contributed by atoms with van der Waals surface area (Å²) in [5.74, 6) is 1.88. The van der Waals surface area contributed by atoms with Crippen LogP contribution in [0.5, 0.6) is 5.75 Å². The molecule has 0 aliphatic heterocycles. The molecule has 0 spiro atoms. The van der Waals surface area contributed by atoms with Gasteiger partial charge in [0, 0.05) is 24.4 Å². The van der Waals surface area contributed by atoms with Crippen LogP contribution in [-0.2, 0) is 4.79 Å². The second kappa shape index (κ2) is 12.2. The maximum absolute atomic E-state index is 13.2. The quantitative estimate of drug-likeness (QED) is 0.244. The molecule has 0 saturated heterocycles. The van der Waals surface area contributed by atoms with Crippen molar-refractivity contribution in [3.63, 3.8) is 0 Å². The van der Waals surface area contributed by atoms with Gasteiger partial charge < -0.3 is 9.64 Å². The van der Waals surface area contributed by atoms with E-state index in [0.29, 0.717) is 13.0 Å². The summed E-state index contributed by atoms with van der Waals surface area (Å²) >= 11 is 3.36. The summed E-state index contributed by atoms with van der Waals surface area (Å²) in [6.45, 7) is 9.85. The number of hydrogen-bond donors (Lipinski definition) is 0. The van der Waals surface area contributed by atoms with Crippen molar-refractivity contribution in [3.05, 3.63) is 48.0 Å². The second-order valence-corrected chi connectivity index (χ2v) is 9.84. The van der Waals surface area contributed by atoms with Crippen molar-refractivity contribution in [2.75, 3.05) is 43.9 Å². The number of hydrogen-bond acceptors (Lipinski definition) is 6. The Labute approximate surface area is 199 Å². The lowest BCUT2D eigenvalue weighted by atomic mass is 10.2. The minimum absolute atomic E-state index is 0.146. The molecule has 0 aliphatic carbocycles. The first-order valence-electron chi connectivity index (χ1n) is 11.2. The van der Waals surface area contributed by atoms with Gasteiger partial charge in [-0.3, -0.25) is 9.69 Å². The van der Waals surface area contributed by atoms with Gasteiger partial charge in [-0.1, -0.05) is 42.9 Å². The Morgan fingerprint density at radius 1 is 1.09 bits per heavy atom. The van der Waals surface area contributed by atoms with Crippen LogP contribution in [0.3, 0.4) is 0 Å². The Morgan fingerprint density at radius 3 is 2.53 bits per heavy atom. The predicted molar refractivity (Wildman–Crippen MR) is 137 cm³/mol. The number of ether oxygens (including phenoxy) is 1. The molecule has 0 atom stereocenters. The summed E-state index contributed by atoms with van der Waals surface area (Å²) in [4.78, 5) is 23.5. The van der Waals surface area contributed by atoms with Gasteiger partial charge in [-0.2, -0.15) is 0 Å². The number of carbonyl (C=O) groups is 1. The monoisotopic (exact) mass is 471 g/mol. The summed E-state index contributed by atoms with van der Waals surface area (Å²) in [6, 6.07) is 14.4. The second-order valence-electron chi connectivity index (χ2n) is 7.67. The molecule has 3 aromatic rings. The molecule has 5 nitrogen and oxygen atoms in total. The van der Waals surface area contributed by atoms with Crippen molar-refractivity contribution in [3.8, 4) is 5.75 Å². The minimum Gasteiger partial charge on any atom is -0.497 e. The first-order chi connectivity index (χ1) is 15.5. The minimum atomic E-state index is 0.146. The molecular formula is C25H33N3O2S2. The van der Waals surface area contributed by atoms with Gasteiger partial charge in [-0.25, -0.2) is 4.98 Å². The smallest absolute Gasteiger partial charge is 0.228 e. The van der Waals surface area contributed by atoms with Crippen LogP contribution >= 0.6 is 23.1 Å². The molecule has 172 valence electrons. The third kappa shape index (κ3) is 6.70. The molecule has 2 aromatic carbocycles. The van der Waals surface area contributed by atoms with Gasteiger partial charge in [0.1, 0.15) is 5.75 Å². The number of thiazole rings is 1. The molecule has 32 heavy (non-hydrogen) atoms. The zero-order valence-electron chi connectivity index (χ0n) is 19.5. The molecule has 0 radical (unpaired) electrons. The van der Waals surface area contributed by atoms with E-state index in [1.165, 1.54) is 10.5 Å². The van der Waals surface area contributed by atoms with Crippen molar-refractivity contribution in [1.82, 2.24) is 9.88 Å². The predicted octanol–water partition coefficient (Wildman–Crippen LogP) is 5.86. The molecule has 1 heterocycles. The number of likely N-dealkylation sites (N-methyl/N-ethyl adjacent to an activating group) is 1. The molecular weight excluding hydrogens is 438 g/mol. The highest BCUT2D eigenvalue weighted by Gasteiger charge is 2.20. The zero-order chi connectivity index (χ0) is 22.9. The lowest BCUT2D eigenvalue weighted by Crippen LogP contribution is -2.38. The number of benzene rings is 2. The van der Waals surface area contributed by atoms with E-state index in [1.54, 1.807) is 30.2 Å². The van der Waals surface area contributed by atoms with E-state index in [2.05, 4.69) is 49.9 Å². The van der Waals surface area contributed by atoms with Crippen LogP contribution in [0, 0.1) is 6.92 Å². The molecule has 1 amide bonds. The number of amides is 1. The Bertz CT molecular complexity index is 1000. The van der Waals surface area contributed by atoms with Gasteiger partial charge in [0.2, 0.25) is 5.91 Å². The van der Waals surface area contributed by atoms with Crippen LogP contribution in [-0.4, -0.2) is 54.8 Å². The number of aromatic nitrogens is 1. The summed E-state index contributed by atoms with van der Waals surface area (Å²) < 4.78 is 6.38. The van der Waals surface area contributed by atoms with Crippen molar-refractivity contribution in [2.24, 2.45) is 0 Å². The number of methoxy groups -OCH3 is 1. The molecule has 0 fully saturated rings. The average molecular weight is 472 g/mol.